The lowest BCUT2D eigenvalue weighted by Crippen LogP contribution is -2.42. The van der Waals surface area contributed by atoms with E-state index in [0.29, 0.717) is 42.0 Å². The van der Waals surface area contributed by atoms with Crippen LogP contribution >= 0.6 is 22.6 Å². The second-order valence-electron chi connectivity index (χ2n) is 4.08. The summed E-state index contributed by atoms with van der Waals surface area (Å²) in [5.41, 5.74) is -0.951. The van der Waals surface area contributed by atoms with Crippen molar-refractivity contribution in [3.63, 3.8) is 0 Å². The summed E-state index contributed by atoms with van der Waals surface area (Å²) < 4.78 is 5.70. The molecule has 0 radical (unpaired) electrons. The van der Waals surface area contributed by atoms with Crippen LogP contribution in [0.5, 0.6) is 0 Å². The third-order valence-corrected chi connectivity index (χ3v) is 3.81. The van der Waals surface area contributed by atoms with Gasteiger partial charge in [0.1, 0.15) is 9.39 Å². The first-order valence-electron chi connectivity index (χ1n) is 5.38. The zero-order valence-electron chi connectivity index (χ0n) is 9.20. The molecule has 2 rings (SSSR count). The largest absolute Gasteiger partial charge is 0.388 e. The number of nitrogens with one attached hydrogen (secondary N) is 2. The Hall–Kier alpha value is -0.670. The normalized spacial score (nSPS) is 18.9. The molecule has 0 saturated carbocycles. The van der Waals surface area contributed by atoms with Gasteiger partial charge >= 0.3 is 0 Å². The van der Waals surface area contributed by atoms with Crippen LogP contribution in [0.2, 0.25) is 0 Å². The molecular weight excluding hydrogens is 337 g/mol. The van der Waals surface area contributed by atoms with Gasteiger partial charge in [0, 0.05) is 32.6 Å². The number of rotatable bonds is 3. The Kier molecular flexibility index (Phi) is 4.00. The Morgan fingerprint density at radius 1 is 1.59 bits per heavy atom. The average Bonchev–Trinajstić information content (AvgIpc) is 2.32. The van der Waals surface area contributed by atoms with Crippen LogP contribution in [-0.4, -0.2) is 40.4 Å². The Bertz CT molecular complexity index is 443. The Labute approximate surface area is 112 Å². The van der Waals surface area contributed by atoms with Crippen LogP contribution in [0.1, 0.15) is 12.8 Å². The van der Waals surface area contributed by atoms with Gasteiger partial charge in [0.2, 0.25) is 0 Å². The lowest BCUT2D eigenvalue weighted by molar-refractivity contribution is -0.0543. The first kappa shape index (κ1) is 12.8. The third-order valence-electron chi connectivity index (χ3n) is 2.80. The van der Waals surface area contributed by atoms with Crippen molar-refractivity contribution in [2.24, 2.45) is 0 Å². The first-order chi connectivity index (χ1) is 8.11. The van der Waals surface area contributed by atoms with E-state index in [0.717, 1.165) is 0 Å². The van der Waals surface area contributed by atoms with E-state index in [2.05, 4.69) is 15.3 Å². The van der Waals surface area contributed by atoms with Crippen LogP contribution in [0.15, 0.2) is 11.1 Å². The molecule has 0 aliphatic carbocycles. The highest BCUT2D eigenvalue weighted by Crippen LogP contribution is 2.21. The van der Waals surface area contributed by atoms with E-state index in [4.69, 9.17) is 4.74 Å². The van der Waals surface area contributed by atoms with E-state index in [-0.39, 0.29) is 5.56 Å². The molecule has 17 heavy (non-hydrogen) atoms. The van der Waals surface area contributed by atoms with Gasteiger partial charge in [0.05, 0.1) is 11.9 Å². The molecular formula is C10H14IN3O3. The Balaban J connectivity index is 2.02. The molecule has 0 atom stereocenters. The van der Waals surface area contributed by atoms with E-state index in [1.54, 1.807) is 0 Å². The van der Waals surface area contributed by atoms with E-state index in [1.807, 2.05) is 22.6 Å². The highest BCUT2D eigenvalue weighted by Gasteiger charge is 2.29. The molecule has 1 saturated heterocycles. The van der Waals surface area contributed by atoms with Crippen molar-refractivity contribution >= 4 is 28.4 Å². The van der Waals surface area contributed by atoms with Gasteiger partial charge in [-0.1, -0.05) is 0 Å². The molecule has 3 N–H and O–H groups in total. The minimum atomic E-state index is -0.772. The lowest BCUT2D eigenvalue weighted by Gasteiger charge is -2.32. The Morgan fingerprint density at radius 2 is 2.29 bits per heavy atom. The number of halogens is 1. The van der Waals surface area contributed by atoms with Crippen molar-refractivity contribution in [3.8, 4) is 0 Å². The fraction of sp³-hybridized carbons (Fsp3) is 0.600. The van der Waals surface area contributed by atoms with Crippen LogP contribution < -0.4 is 10.9 Å². The molecule has 0 unspecified atom stereocenters. The van der Waals surface area contributed by atoms with Gasteiger partial charge in [-0.3, -0.25) is 4.79 Å². The second-order valence-corrected chi connectivity index (χ2v) is 5.16. The summed E-state index contributed by atoms with van der Waals surface area (Å²) in [6.07, 6.45) is 2.54. The summed E-state index contributed by atoms with van der Waals surface area (Å²) in [6.45, 7) is 1.51. The molecule has 1 aliphatic rings. The topological polar surface area (TPSA) is 87.2 Å². The quantitative estimate of drug-likeness (QED) is 0.684. The maximum atomic E-state index is 11.3. The molecule has 7 heteroatoms. The number of aliphatic hydroxyl groups is 1. The molecule has 1 aromatic rings. The number of aromatic nitrogens is 2. The van der Waals surface area contributed by atoms with Gasteiger partial charge in [0.25, 0.3) is 5.56 Å². The molecule has 0 spiro atoms. The standard InChI is InChI=1S/C10H14IN3O3/c11-7-8(13-6-14-9(7)15)12-5-10(16)1-3-17-4-2-10/h6,16H,1-5H2,(H2,12,13,14,15). The van der Waals surface area contributed by atoms with E-state index < -0.39 is 5.60 Å². The van der Waals surface area contributed by atoms with Crippen LogP contribution in [0, 0.1) is 3.57 Å². The predicted molar refractivity (Wildman–Crippen MR) is 71.1 cm³/mol. The number of aromatic amines is 1. The maximum Gasteiger partial charge on any atom is 0.266 e. The van der Waals surface area contributed by atoms with Crippen molar-refractivity contribution in [1.29, 1.82) is 0 Å². The van der Waals surface area contributed by atoms with Crippen molar-refractivity contribution in [3.05, 3.63) is 20.3 Å². The van der Waals surface area contributed by atoms with Gasteiger partial charge in [0.15, 0.2) is 0 Å². The molecule has 0 amide bonds. The van der Waals surface area contributed by atoms with E-state index in [9.17, 15) is 9.90 Å². The van der Waals surface area contributed by atoms with Crippen molar-refractivity contribution in [2.75, 3.05) is 25.1 Å². The fourth-order valence-electron chi connectivity index (χ4n) is 1.68. The van der Waals surface area contributed by atoms with Crippen LogP contribution in [0.4, 0.5) is 5.82 Å². The van der Waals surface area contributed by atoms with Gasteiger partial charge in [-0.05, 0) is 22.6 Å². The highest BCUT2D eigenvalue weighted by molar-refractivity contribution is 14.1. The van der Waals surface area contributed by atoms with Gasteiger partial charge in [-0.15, -0.1) is 0 Å². The van der Waals surface area contributed by atoms with Crippen LogP contribution in [0.25, 0.3) is 0 Å². The first-order valence-corrected chi connectivity index (χ1v) is 6.46. The molecule has 0 bridgehead atoms. The fourth-order valence-corrected chi connectivity index (χ4v) is 2.17. The Morgan fingerprint density at radius 3 is 3.00 bits per heavy atom. The van der Waals surface area contributed by atoms with Gasteiger partial charge in [-0.2, -0.15) is 0 Å². The van der Waals surface area contributed by atoms with E-state index in [1.165, 1.54) is 6.33 Å². The second kappa shape index (κ2) is 5.32. The van der Waals surface area contributed by atoms with Crippen LogP contribution in [-0.2, 0) is 4.74 Å². The summed E-state index contributed by atoms with van der Waals surface area (Å²) in [7, 11) is 0. The number of anilines is 1. The molecule has 1 aliphatic heterocycles. The summed E-state index contributed by atoms with van der Waals surface area (Å²) >= 11 is 1.93. The molecule has 1 fully saturated rings. The molecule has 2 heterocycles. The highest BCUT2D eigenvalue weighted by atomic mass is 127. The summed E-state index contributed by atoms with van der Waals surface area (Å²) in [6, 6.07) is 0. The van der Waals surface area contributed by atoms with Gasteiger partial charge in [-0.25, -0.2) is 4.98 Å². The SMILES string of the molecule is O=c1[nH]cnc(NCC2(O)CCOCC2)c1I. The zero-order chi connectivity index (χ0) is 12.3. The molecule has 1 aromatic heterocycles. The molecule has 0 aromatic carbocycles. The monoisotopic (exact) mass is 351 g/mol. The number of hydrogen-bond acceptors (Lipinski definition) is 5. The van der Waals surface area contributed by atoms with Crippen molar-refractivity contribution in [2.45, 2.75) is 18.4 Å². The third kappa shape index (κ3) is 3.17. The minimum absolute atomic E-state index is 0.179. The maximum absolute atomic E-state index is 11.3. The number of hydrogen-bond donors (Lipinski definition) is 3. The number of ether oxygens (including phenoxy) is 1. The van der Waals surface area contributed by atoms with Crippen LogP contribution in [0.3, 0.4) is 0 Å². The lowest BCUT2D eigenvalue weighted by atomic mass is 9.94. The van der Waals surface area contributed by atoms with Crippen molar-refractivity contribution in [1.82, 2.24) is 9.97 Å². The average molecular weight is 351 g/mol. The minimum Gasteiger partial charge on any atom is -0.388 e. The van der Waals surface area contributed by atoms with E-state index >= 15 is 0 Å². The summed E-state index contributed by atoms with van der Waals surface area (Å²) in [5, 5.41) is 13.3. The molecule has 6 nitrogen and oxygen atoms in total. The number of nitrogens with zero attached hydrogens (tertiary/aromatic N) is 1. The molecule has 94 valence electrons. The predicted octanol–water partition coefficient (Wildman–Crippen LogP) is 0.328. The van der Waals surface area contributed by atoms with Gasteiger partial charge < -0.3 is 20.1 Å². The summed E-state index contributed by atoms with van der Waals surface area (Å²) in [4.78, 5) is 17.9. The van der Waals surface area contributed by atoms with Crippen molar-refractivity contribution < 1.29 is 9.84 Å². The smallest absolute Gasteiger partial charge is 0.266 e. The number of H-pyrrole nitrogens is 1. The zero-order valence-corrected chi connectivity index (χ0v) is 11.4. The summed E-state index contributed by atoms with van der Waals surface area (Å²) in [5.74, 6) is 0.509.